The normalized spacial score (nSPS) is 21.9. The highest BCUT2D eigenvalue weighted by Gasteiger charge is 2.36. The first kappa shape index (κ1) is 26.6. The van der Waals surface area contributed by atoms with Gasteiger partial charge in [-0.1, -0.05) is 20.8 Å². The molecule has 1 aromatic heterocycles. The maximum atomic E-state index is 13.4. The van der Waals surface area contributed by atoms with E-state index in [-0.39, 0.29) is 22.8 Å². The minimum atomic E-state index is -3.15. The Morgan fingerprint density at radius 2 is 1.86 bits per heavy atom. The molecule has 2 N–H and O–H groups in total. The highest BCUT2D eigenvalue weighted by Crippen LogP contribution is 2.44. The lowest BCUT2D eigenvalue weighted by atomic mass is 9.72. The first-order valence-electron chi connectivity index (χ1n) is 12.2. The zero-order valence-electron chi connectivity index (χ0n) is 21.0. The van der Waals surface area contributed by atoms with E-state index in [1.165, 1.54) is 35.6 Å². The maximum Gasteiger partial charge on any atom is 0.265 e. The van der Waals surface area contributed by atoms with Gasteiger partial charge in [0, 0.05) is 10.9 Å². The van der Waals surface area contributed by atoms with E-state index >= 15 is 0 Å². The topological polar surface area (TPSA) is 102 Å². The maximum absolute atomic E-state index is 13.4. The smallest absolute Gasteiger partial charge is 0.265 e. The van der Waals surface area contributed by atoms with Crippen LogP contribution < -0.4 is 15.4 Å². The van der Waals surface area contributed by atoms with Crippen molar-refractivity contribution in [2.75, 3.05) is 16.8 Å². The second-order valence-electron chi connectivity index (χ2n) is 10.8. The fourth-order valence-electron chi connectivity index (χ4n) is 4.80. The summed E-state index contributed by atoms with van der Waals surface area (Å²) in [4.78, 5) is 27.5. The number of benzene rings is 1. The van der Waals surface area contributed by atoms with Gasteiger partial charge in [-0.15, -0.1) is 11.3 Å². The number of amides is 2. The van der Waals surface area contributed by atoms with Gasteiger partial charge in [0.15, 0.2) is 15.9 Å². The number of hydrogen-bond donors (Lipinski definition) is 2. The van der Waals surface area contributed by atoms with Gasteiger partial charge in [0.05, 0.1) is 17.1 Å². The lowest BCUT2D eigenvalue weighted by Gasteiger charge is -2.33. The standard InChI is InChI=1S/C26H33FN2O5S2/c1-15(34-19-8-6-17(27)7-9-19)23(30)29-25-22(24(31)28-18-11-12-36(32,33)14-18)20-10-5-16(26(2,3)4)13-21(20)35-25/h6-9,15-16,18H,5,10-14H2,1-4H3,(H,28,31)(H,29,30). The summed E-state index contributed by atoms with van der Waals surface area (Å²) in [7, 11) is -3.15. The van der Waals surface area contributed by atoms with Crippen LogP contribution >= 0.6 is 11.3 Å². The first-order valence-corrected chi connectivity index (χ1v) is 14.8. The minimum Gasteiger partial charge on any atom is -0.481 e. The number of fused-ring (bicyclic) bond motifs is 1. The van der Waals surface area contributed by atoms with Crippen molar-refractivity contribution < 1.29 is 27.1 Å². The molecule has 4 rings (SSSR count). The molecule has 7 nitrogen and oxygen atoms in total. The molecule has 1 aromatic carbocycles. The van der Waals surface area contributed by atoms with E-state index in [0.717, 1.165) is 29.7 Å². The lowest BCUT2D eigenvalue weighted by Crippen LogP contribution is -2.37. The molecule has 1 saturated heterocycles. The van der Waals surface area contributed by atoms with Gasteiger partial charge in [-0.3, -0.25) is 9.59 Å². The van der Waals surface area contributed by atoms with Crippen molar-refractivity contribution in [3.05, 3.63) is 46.1 Å². The molecule has 10 heteroatoms. The lowest BCUT2D eigenvalue weighted by molar-refractivity contribution is -0.122. The molecule has 3 atom stereocenters. The molecular weight excluding hydrogens is 503 g/mol. The summed E-state index contributed by atoms with van der Waals surface area (Å²) in [6.07, 6.45) is 1.98. The van der Waals surface area contributed by atoms with E-state index < -0.39 is 33.7 Å². The average Bonchev–Trinajstić information content (AvgIpc) is 3.32. The predicted octanol–water partition coefficient (Wildman–Crippen LogP) is 4.36. The number of anilines is 1. The van der Waals surface area contributed by atoms with E-state index in [1.807, 2.05) is 0 Å². The SMILES string of the molecule is CC(Oc1ccc(F)cc1)C(=O)Nc1sc2c(c1C(=O)NC1CCS(=O)(=O)C1)CCC(C(C)(C)C)C2. The highest BCUT2D eigenvalue weighted by molar-refractivity contribution is 7.91. The summed E-state index contributed by atoms with van der Waals surface area (Å²) >= 11 is 1.41. The molecule has 196 valence electrons. The molecule has 0 bridgehead atoms. The molecule has 2 aromatic rings. The third-order valence-electron chi connectivity index (χ3n) is 7.02. The third kappa shape index (κ3) is 6.08. The van der Waals surface area contributed by atoms with Gasteiger partial charge in [0.2, 0.25) is 0 Å². The van der Waals surface area contributed by atoms with Gasteiger partial charge in [-0.2, -0.15) is 0 Å². The summed E-state index contributed by atoms with van der Waals surface area (Å²) in [5, 5.41) is 6.21. The average molecular weight is 537 g/mol. The van der Waals surface area contributed by atoms with Gasteiger partial charge < -0.3 is 15.4 Å². The molecule has 0 radical (unpaired) electrons. The zero-order valence-corrected chi connectivity index (χ0v) is 22.7. The zero-order chi connectivity index (χ0) is 26.3. The van der Waals surface area contributed by atoms with E-state index in [4.69, 9.17) is 4.74 Å². The summed E-state index contributed by atoms with van der Waals surface area (Å²) in [5.41, 5.74) is 1.47. The van der Waals surface area contributed by atoms with Gasteiger partial charge in [-0.25, -0.2) is 12.8 Å². The van der Waals surface area contributed by atoms with Crippen LogP contribution in [0.1, 0.15) is 61.3 Å². The monoisotopic (exact) mass is 536 g/mol. The number of ether oxygens (including phenoxy) is 1. The first-order chi connectivity index (χ1) is 16.8. The molecule has 0 spiro atoms. The van der Waals surface area contributed by atoms with Crippen LogP contribution in [-0.2, 0) is 27.5 Å². The summed E-state index contributed by atoms with van der Waals surface area (Å²) in [6, 6.07) is 4.97. The van der Waals surface area contributed by atoms with Crippen molar-refractivity contribution in [1.29, 1.82) is 0 Å². The van der Waals surface area contributed by atoms with Crippen LogP contribution in [0.5, 0.6) is 5.75 Å². The summed E-state index contributed by atoms with van der Waals surface area (Å²) in [6.45, 7) is 8.22. The number of carbonyl (C=O) groups excluding carboxylic acids is 2. The van der Waals surface area contributed by atoms with Crippen LogP contribution in [0, 0.1) is 17.2 Å². The number of sulfone groups is 1. The van der Waals surface area contributed by atoms with E-state index in [1.54, 1.807) is 6.92 Å². The molecule has 36 heavy (non-hydrogen) atoms. The minimum absolute atomic E-state index is 0.0643. The van der Waals surface area contributed by atoms with E-state index in [2.05, 4.69) is 31.4 Å². The molecule has 2 aliphatic rings. The Kier molecular flexibility index (Phi) is 7.48. The Morgan fingerprint density at radius 1 is 1.17 bits per heavy atom. The fourth-order valence-corrected chi connectivity index (χ4v) is 7.81. The Bertz CT molecular complexity index is 1250. The number of carbonyl (C=O) groups is 2. The summed E-state index contributed by atoms with van der Waals surface area (Å²) < 4.78 is 42.6. The van der Waals surface area contributed by atoms with Crippen LogP contribution in [0.2, 0.25) is 0 Å². The van der Waals surface area contributed by atoms with E-state index in [0.29, 0.717) is 28.7 Å². The van der Waals surface area contributed by atoms with Crippen molar-refractivity contribution in [2.45, 2.75) is 65.5 Å². The number of halogens is 1. The molecule has 2 heterocycles. The Morgan fingerprint density at radius 3 is 2.47 bits per heavy atom. The van der Waals surface area contributed by atoms with Crippen molar-refractivity contribution >= 4 is 38.0 Å². The van der Waals surface area contributed by atoms with Crippen LogP contribution in [0.3, 0.4) is 0 Å². The molecular formula is C26H33FN2O5S2. The third-order valence-corrected chi connectivity index (χ3v) is 9.95. The number of hydrogen-bond acceptors (Lipinski definition) is 6. The largest absolute Gasteiger partial charge is 0.481 e. The number of rotatable bonds is 6. The van der Waals surface area contributed by atoms with Gasteiger partial charge >= 0.3 is 0 Å². The second-order valence-corrected chi connectivity index (χ2v) is 14.1. The highest BCUT2D eigenvalue weighted by atomic mass is 32.2. The van der Waals surface area contributed by atoms with E-state index in [9.17, 15) is 22.4 Å². The Labute approximate surface area is 215 Å². The van der Waals surface area contributed by atoms with Gasteiger partial charge in [0.1, 0.15) is 16.6 Å². The Hall–Kier alpha value is -2.46. The Balaban J connectivity index is 1.57. The number of thiophene rings is 1. The van der Waals surface area contributed by atoms with Crippen LogP contribution in [-0.4, -0.2) is 43.9 Å². The van der Waals surface area contributed by atoms with Crippen LogP contribution in [0.15, 0.2) is 24.3 Å². The van der Waals surface area contributed by atoms with Crippen molar-refractivity contribution in [2.24, 2.45) is 11.3 Å². The molecule has 1 fully saturated rings. The van der Waals surface area contributed by atoms with Gasteiger partial charge in [-0.05, 0) is 73.8 Å². The molecule has 0 saturated carbocycles. The van der Waals surface area contributed by atoms with Crippen molar-refractivity contribution in [3.63, 3.8) is 0 Å². The predicted molar refractivity (Wildman–Crippen MR) is 139 cm³/mol. The van der Waals surface area contributed by atoms with Crippen molar-refractivity contribution in [3.8, 4) is 5.75 Å². The second kappa shape index (κ2) is 10.1. The molecule has 2 amide bonds. The molecule has 1 aliphatic heterocycles. The van der Waals surface area contributed by atoms with Crippen molar-refractivity contribution in [1.82, 2.24) is 5.32 Å². The fraction of sp³-hybridized carbons (Fsp3) is 0.538. The molecule has 1 aliphatic carbocycles. The molecule has 3 unspecified atom stereocenters. The van der Waals surface area contributed by atoms with Gasteiger partial charge in [0.25, 0.3) is 11.8 Å². The quantitative estimate of drug-likeness (QED) is 0.571. The van der Waals surface area contributed by atoms with Crippen LogP contribution in [0.4, 0.5) is 9.39 Å². The number of nitrogens with one attached hydrogen (secondary N) is 2. The summed E-state index contributed by atoms with van der Waals surface area (Å²) in [5.74, 6) is -0.380. The van der Waals surface area contributed by atoms with Crippen LogP contribution in [0.25, 0.3) is 0 Å².